The van der Waals surface area contributed by atoms with Crippen LogP contribution in [-0.2, 0) is 17.1 Å². The Balaban J connectivity index is 2.43. The molecule has 2 heterocycles. The van der Waals surface area contributed by atoms with E-state index in [1.54, 1.807) is 14.0 Å². The fourth-order valence-corrected chi connectivity index (χ4v) is 3.20. The molecule has 0 aliphatic heterocycles. The SMILES string of the molecule is Cc1nn(C)c(Cl)c1S(=O)(=O)Nc1cnccn1. The molecular weight excluding hydrogens is 278 g/mol. The minimum absolute atomic E-state index is 0.0453. The highest BCUT2D eigenvalue weighted by Crippen LogP contribution is 2.25. The van der Waals surface area contributed by atoms with E-state index < -0.39 is 10.0 Å². The first-order valence-corrected chi connectivity index (χ1v) is 6.76. The molecule has 0 fully saturated rings. The van der Waals surface area contributed by atoms with E-state index in [9.17, 15) is 8.42 Å². The first kappa shape index (κ1) is 12.8. The summed E-state index contributed by atoms with van der Waals surface area (Å²) in [6, 6.07) is 0. The molecule has 0 aliphatic carbocycles. The quantitative estimate of drug-likeness (QED) is 0.908. The van der Waals surface area contributed by atoms with Crippen LogP contribution in [-0.4, -0.2) is 28.2 Å². The Bertz CT molecular complexity index is 668. The van der Waals surface area contributed by atoms with E-state index in [1.807, 2.05) is 0 Å². The van der Waals surface area contributed by atoms with Crippen molar-refractivity contribution in [3.8, 4) is 0 Å². The molecular formula is C9H10ClN5O2S. The second-order valence-corrected chi connectivity index (χ2v) is 5.50. The molecule has 0 aliphatic rings. The predicted molar refractivity (Wildman–Crippen MR) is 65.8 cm³/mol. The Kier molecular flexibility index (Phi) is 3.22. The van der Waals surface area contributed by atoms with Gasteiger partial charge in [-0.1, -0.05) is 11.6 Å². The maximum Gasteiger partial charge on any atom is 0.268 e. The highest BCUT2D eigenvalue weighted by atomic mass is 35.5. The van der Waals surface area contributed by atoms with Gasteiger partial charge in [0, 0.05) is 19.4 Å². The average Bonchev–Trinajstić information content (AvgIpc) is 2.54. The van der Waals surface area contributed by atoms with Crippen molar-refractivity contribution in [2.75, 3.05) is 4.72 Å². The Hall–Kier alpha value is -1.67. The molecule has 2 aromatic rings. The lowest BCUT2D eigenvalue weighted by Crippen LogP contribution is -2.15. The maximum absolute atomic E-state index is 12.1. The first-order chi connectivity index (χ1) is 8.42. The molecule has 0 saturated heterocycles. The van der Waals surface area contributed by atoms with Crippen molar-refractivity contribution in [2.24, 2.45) is 7.05 Å². The molecule has 0 saturated carbocycles. The lowest BCUT2D eigenvalue weighted by atomic mass is 10.5. The van der Waals surface area contributed by atoms with Gasteiger partial charge in [0.15, 0.2) is 5.82 Å². The molecule has 2 rings (SSSR count). The van der Waals surface area contributed by atoms with E-state index >= 15 is 0 Å². The van der Waals surface area contributed by atoms with E-state index in [-0.39, 0.29) is 15.9 Å². The zero-order valence-corrected chi connectivity index (χ0v) is 11.2. The molecule has 7 nitrogen and oxygen atoms in total. The fourth-order valence-electron chi connectivity index (χ4n) is 1.46. The Labute approximate surface area is 109 Å². The van der Waals surface area contributed by atoms with Crippen LogP contribution in [0.1, 0.15) is 5.69 Å². The molecule has 0 atom stereocenters. The number of hydrogen-bond acceptors (Lipinski definition) is 5. The molecule has 18 heavy (non-hydrogen) atoms. The van der Waals surface area contributed by atoms with Gasteiger partial charge < -0.3 is 0 Å². The topological polar surface area (TPSA) is 89.8 Å². The molecule has 0 amide bonds. The fraction of sp³-hybridized carbons (Fsp3) is 0.222. The van der Waals surface area contributed by atoms with Gasteiger partial charge in [0.05, 0.1) is 11.9 Å². The number of nitrogens with zero attached hydrogens (tertiary/aromatic N) is 4. The van der Waals surface area contributed by atoms with Crippen molar-refractivity contribution in [1.82, 2.24) is 19.7 Å². The third kappa shape index (κ3) is 2.29. The Morgan fingerprint density at radius 1 is 1.39 bits per heavy atom. The monoisotopic (exact) mass is 287 g/mol. The largest absolute Gasteiger partial charge is 0.268 e. The van der Waals surface area contributed by atoms with Gasteiger partial charge in [-0.05, 0) is 6.92 Å². The van der Waals surface area contributed by atoms with Crippen LogP contribution >= 0.6 is 11.6 Å². The molecule has 1 N–H and O–H groups in total. The zero-order valence-electron chi connectivity index (χ0n) is 9.62. The summed E-state index contributed by atoms with van der Waals surface area (Å²) in [5.74, 6) is 0.122. The number of rotatable bonds is 3. The van der Waals surface area contributed by atoms with Gasteiger partial charge in [-0.15, -0.1) is 0 Å². The van der Waals surface area contributed by atoms with Crippen molar-refractivity contribution < 1.29 is 8.42 Å². The summed E-state index contributed by atoms with van der Waals surface area (Å²) in [6.07, 6.45) is 4.13. The minimum atomic E-state index is -3.82. The number of aryl methyl sites for hydroxylation is 2. The van der Waals surface area contributed by atoms with Gasteiger partial charge in [0.1, 0.15) is 10.0 Å². The van der Waals surface area contributed by atoms with Gasteiger partial charge >= 0.3 is 0 Å². The summed E-state index contributed by atoms with van der Waals surface area (Å²) in [5.41, 5.74) is 0.318. The van der Waals surface area contributed by atoms with Crippen molar-refractivity contribution >= 4 is 27.4 Å². The molecule has 96 valence electrons. The van der Waals surface area contributed by atoms with Crippen molar-refractivity contribution in [1.29, 1.82) is 0 Å². The summed E-state index contributed by atoms with van der Waals surface area (Å²) in [6.45, 7) is 1.57. The molecule has 0 radical (unpaired) electrons. The number of nitrogens with one attached hydrogen (secondary N) is 1. The van der Waals surface area contributed by atoms with Crippen molar-refractivity contribution in [3.05, 3.63) is 29.4 Å². The van der Waals surface area contributed by atoms with Gasteiger partial charge in [0.2, 0.25) is 0 Å². The number of halogens is 1. The standard InChI is InChI=1S/C9H10ClN5O2S/c1-6-8(9(10)15(2)13-6)18(16,17)14-7-5-11-3-4-12-7/h3-5H,1-2H3,(H,12,14). The van der Waals surface area contributed by atoms with E-state index in [1.165, 1.54) is 23.3 Å². The second kappa shape index (κ2) is 4.54. The molecule has 0 unspecified atom stereocenters. The predicted octanol–water partition coefficient (Wildman–Crippen LogP) is 0.973. The number of hydrogen-bond donors (Lipinski definition) is 1. The molecule has 9 heteroatoms. The van der Waals surface area contributed by atoms with E-state index in [4.69, 9.17) is 11.6 Å². The highest BCUT2D eigenvalue weighted by Gasteiger charge is 2.25. The summed E-state index contributed by atoms with van der Waals surface area (Å²) >= 11 is 5.91. The first-order valence-electron chi connectivity index (χ1n) is 4.90. The van der Waals surface area contributed by atoms with Crippen LogP contribution in [0.25, 0.3) is 0 Å². The summed E-state index contributed by atoms with van der Waals surface area (Å²) < 4.78 is 27.9. The minimum Gasteiger partial charge on any atom is -0.262 e. The van der Waals surface area contributed by atoms with Crippen LogP contribution in [0.2, 0.25) is 5.15 Å². The third-order valence-corrected chi connectivity index (χ3v) is 4.22. The normalized spacial score (nSPS) is 11.5. The van der Waals surface area contributed by atoms with Crippen LogP contribution in [0.4, 0.5) is 5.82 Å². The molecule has 0 aromatic carbocycles. The van der Waals surface area contributed by atoms with Crippen molar-refractivity contribution in [2.45, 2.75) is 11.8 Å². The van der Waals surface area contributed by atoms with Crippen LogP contribution in [0.5, 0.6) is 0 Å². The summed E-state index contributed by atoms with van der Waals surface area (Å²) in [5, 5.41) is 3.99. The van der Waals surface area contributed by atoms with Gasteiger partial charge in [0.25, 0.3) is 10.0 Å². The van der Waals surface area contributed by atoms with Crippen LogP contribution in [0.3, 0.4) is 0 Å². The van der Waals surface area contributed by atoms with E-state index in [0.717, 1.165) is 0 Å². The Morgan fingerprint density at radius 2 is 2.11 bits per heavy atom. The highest BCUT2D eigenvalue weighted by molar-refractivity contribution is 7.92. The van der Waals surface area contributed by atoms with Gasteiger partial charge in [-0.2, -0.15) is 5.10 Å². The third-order valence-electron chi connectivity index (χ3n) is 2.17. The summed E-state index contributed by atoms with van der Waals surface area (Å²) in [4.78, 5) is 7.54. The summed E-state index contributed by atoms with van der Waals surface area (Å²) in [7, 11) is -2.26. The second-order valence-electron chi connectivity index (χ2n) is 3.53. The maximum atomic E-state index is 12.1. The molecule has 0 spiro atoms. The Morgan fingerprint density at radius 3 is 2.61 bits per heavy atom. The molecule has 2 aromatic heterocycles. The van der Waals surface area contributed by atoms with E-state index in [0.29, 0.717) is 5.69 Å². The number of anilines is 1. The number of sulfonamides is 1. The molecule has 0 bridgehead atoms. The van der Waals surface area contributed by atoms with Crippen LogP contribution in [0, 0.1) is 6.92 Å². The number of aromatic nitrogens is 4. The van der Waals surface area contributed by atoms with E-state index in [2.05, 4.69) is 19.8 Å². The van der Waals surface area contributed by atoms with Crippen molar-refractivity contribution in [3.63, 3.8) is 0 Å². The van der Waals surface area contributed by atoms with Crippen LogP contribution in [0.15, 0.2) is 23.5 Å². The zero-order chi connectivity index (χ0) is 13.3. The van der Waals surface area contributed by atoms with Gasteiger partial charge in [-0.25, -0.2) is 13.4 Å². The van der Waals surface area contributed by atoms with Gasteiger partial charge in [-0.3, -0.25) is 14.4 Å². The van der Waals surface area contributed by atoms with Crippen LogP contribution < -0.4 is 4.72 Å². The lowest BCUT2D eigenvalue weighted by molar-refractivity contribution is 0.600. The lowest BCUT2D eigenvalue weighted by Gasteiger charge is -2.05. The average molecular weight is 288 g/mol. The smallest absolute Gasteiger partial charge is 0.262 e.